The van der Waals surface area contributed by atoms with Crippen molar-refractivity contribution in [1.82, 2.24) is 0 Å². The Kier molecular flexibility index (Phi) is 4.33. The average Bonchev–Trinajstić information content (AvgIpc) is 3.57. The molecule has 0 bridgehead atoms. The van der Waals surface area contributed by atoms with Crippen molar-refractivity contribution in [3.63, 3.8) is 0 Å². The molecule has 0 amide bonds. The molecular formula is C31H22O2S2. The Balaban J connectivity index is 1.54. The summed E-state index contributed by atoms with van der Waals surface area (Å²) in [6.45, 7) is 3.88. The van der Waals surface area contributed by atoms with Gasteiger partial charge in [0.1, 0.15) is 11.5 Å². The van der Waals surface area contributed by atoms with Gasteiger partial charge in [0.05, 0.1) is 4.75 Å². The molecule has 7 rings (SSSR count). The zero-order valence-electron chi connectivity index (χ0n) is 19.3. The highest BCUT2D eigenvalue weighted by Crippen LogP contribution is 2.51. The van der Waals surface area contributed by atoms with Crippen LogP contribution in [0, 0.1) is 13.8 Å². The highest BCUT2D eigenvalue weighted by molar-refractivity contribution is 8.01. The molecule has 2 N–H and O–H groups in total. The lowest BCUT2D eigenvalue weighted by Gasteiger charge is -2.29. The van der Waals surface area contributed by atoms with Gasteiger partial charge in [-0.3, -0.25) is 0 Å². The van der Waals surface area contributed by atoms with Gasteiger partial charge < -0.3 is 10.2 Å². The smallest absolute Gasteiger partial charge is 0.118 e. The molecule has 1 aliphatic heterocycles. The molecule has 0 saturated carbocycles. The van der Waals surface area contributed by atoms with E-state index in [4.69, 9.17) is 0 Å². The summed E-state index contributed by atoms with van der Waals surface area (Å²) in [5.74, 6) is 0.604. The van der Waals surface area contributed by atoms with Gasteiger partial charge in [-0.2, -0.15) is 0 Å². The van der Waals surface area contributed by atoms with Crippen LogP contribution in [0.15, 0.2) is 77.0 Å². The summed E-state index contributed by atoms with van der Waals surface area (Å²) in [7, 11) is 0. The van der Waals surface area contributed by atoms with E-state index in [1.165, 1.54) is 42.1 Å². The standard InChI is InChI=1S/C31H22O2S2/c1-17-13-20(4-8-27(17)32)31(21-5-9-28(33)18(2)14-21)16-26-24-15-25-23(22(24)7-10-29(26)35-31)6-3-19-11-12-34-30(19)25/h3-16,32-33H,1-2H3. The van der Waals surface area contributed by atoms with Crippen LogP contribution in [0.2, 0.25) is 0 Å². The largest absolute Gasteiger partial charge is 0.508 e. The summed E-state index contributed by atoms with van der Waals surface area (Å²) in [6, 6.07) is 23.0. The SMILES string of the molecule is Cc1cc(C2(c3ccc(O)c(C)c3)C=c3c(ccc4c3=Cc3c-4ccc4ccsc34)S2)ccc1O. The lowest BCUT2D eigenvalue weighted by molar-refractivity contribution is 0.470. The average molecular weight is 491 g/mol. The molecule has 170 valence electrons. The van der Waals surface area contributed by atoms with Gasteiger partial charge in [-0.05, 0) is 98.8 Å². The normalized spacial score (nSPS) is 14.8. The van der Waals surface area contributed by atoms with Gasteiger partial charge in [-0.25, -0.2) is 0 Å². The van der Waals surface area contributed by atoms with Crippen molar-refractivity contribution >= 4 is 45.3 Å². The van der Waals surface area contributed by atoms with Crippen molar-refractivity contribution < 1.29 is 10.2 Å². The van der Waals surface area contributed by atoms with Crippen molar-refractivity contribution in [2.75, 3.05) is 0 Å². The Hall–Kier alpha value is -3.47. The van der Waals surface area contributed by atoms with Crippen LogP contribution < -0.4 is 10.4 Å². The number of rotatable bonds is 2. The van der Waals surface area contributed by atoms with Crippen LogP contribution >= 0.6 is 23.1 Å². The molecule has 0 spiro atoms. The Bertz CT molecular complexity index is 1780. The molecule has 0 fully saturated rings. The number of aromatic hydroxyl groups is 2. The molecule has 0 atom stereocenters. The van der Waals surface area contributed by atoms with E-state index in [0.29, 0.717) is 11.5 Å². The van der Waals surface area contributed by atoms with Crippen LogP contribution in [0.25, 0.3) is 33.4 Å². The van der Waals surface area contributed by atoms with Crippen molar-refractivity contribution in [1.29, 1.82) is 0 Å². The fourth-order valence-electron chi connectivity index (χ4n) is 5.45. The van der Waals surface area contributed by atoms with Gasteiger partial charge >= 0.3 is 0 Å². The number of phenolic OH excluding ortho intramolecular Hbond substituents is 2. The van der Waals surface area contributed by atoms with E-state index in [2.05, 4.69) is 60.0 Å². The summed E-state index contributed by atoms with van der Waals surface area (Å²) >= 11 is 3.63. The number of fused-ring (bicyclic) bond motifs is 7. The number of phenols is 2. The van der Waals surface area contributed by atoms with Gasteiger partial charge in [0.25, 0.3) is 0 Å². The number of benzene rings is 4. The number of aryl methyl sites for hydroxylation is 2. The highest BCUT2D eigenvalue weighted by atomic mass is 32.2. The minimum Gasteiger partial charge on any atom is -0.508 e. The molecule has 0 saturated heterocycles. The summed E-state index contributed by atoms with van der Waals surface area (Å²) in [6.07, 6.45) is 4.75. The van der Waals surface area contributed by atoms with E-state index in [9.17, 15) is 10.2 Å². The predicted molar refractivity (Wildman–Crippen MR) is 147 cm³/mol. The summed E-state index contributed by atoms with van der Waals surface area (Å²) in [5.41, 5.74) is 7.84. The minimum absolute atomic E-state index is 0.302. The minimum atomic E-state index is -0.463. The van der Waals surface area contributed by atoms with E-state index < -0.39 is 4.75 Å². The second-order valence-corrected chi connectivity index (χ2v) is 11.6. The molecule has 4 aromatic carbocycles. The fraction of sp³-hybridized carbons (Fsp3) is 0.0968. The van der Waals surface area contributed by atoms with Crippen LogP contribution in [0.3, 0.4) is 0 Å². The molecule has 2 heterocycles. The van der Waals surface area contributed by atoms with E-state index in [1.54, 1.807) is 23.5 Å². The van der Waals surface area contributed by atoms with Crippen LogP contribution in [0.1, 0.15) is 27.8 Å². The molecular weight excluding hydrogens is 468 g/mol. The number of hydrogen-bond acceptors (Lipinski definition) is 4. The van der Waals surface area contributed by atoms with Crippen molar-refractivity contribution in [2.45, 2.75) is 23.5 Å². The summed E-state index contributed by atoms with van der Waals surface area (Å²) < 4.78 is 0.877. The van der Waals surface area contributed by atoms with Crippen LogP contribution in [0.5, 0.6) is 11.5 Å². The fourth-order valence-corrected chi connectivity index (χ4v) is 7.80. The van der Waals surface area contributed by atoms with Gasteiger partial charge in [0.15, 0.2) is 0 Å². The van der Waals surface area contributed by atoms with Crippen molar-refractivity contribution in [3.8, 4) is 22.6 Å². The highest BCUT2D eigenvalue weighted by Gasteiger charge is 2.38. The maximum atomic E-state index is 10.2. The molecule has 5 aromatic rings. The van der Waals surface area contributed by atoms with Crippen molar-refractivity contribution in [3.05, 3.63) is 110 Å². The first-order chi connectivity index (χ1) is 16.9. The van der Waals surface area contributed by atoms with Crippen molar-refractivity contribution in [2.24, 2.45) is 0 Å². The molecule has 1 aromatic heterocycles. The zero-order valence-corrected chi connectivity index (χ0v) is 20.9. The maximum Gasteiger partial charge on any atom is 0.118 e. The second kappa shape index (κ2) is 7.27. The van der Waals surface area contributed by atoms with E-state index in [1.807, 2.05) is 37.7 Å². The van der Waals surface area contributed by atoms with E-state index in [-0.39, 0.29) is 0 Å². The number of hydrogen-bond donors (Lipinski definition) is 2. The lowest BCUT2D eigenvalue weighted by Crippen LogP contribution is -2.26. The molecule has 1 aliphatic carbocycles. The Morgan fingerprint density at radius 1 is 0.714 bits per heavy atom. The third-order valence-electron chi connectivity index (χ3n) is 7.36. The van der Waals surface area contributed by atoms with Gasteiger partial charge in [-0.15, -0.1) is 23.1 Å². The van der Waals surface area contributed by atoms with Gasteiger partial charge in [0, 0.05) is 15.2 Å². The second-order valence-electron chi connectivity index (χ2n) is 9.43. The first kappa shape index (κ1) is 20.9. The Labute approximate surface area is 211 Å². The first-order valence-corrected chi connectivity index (χ1v) is 13.3. The molecule has 0 radical (unpaired) electrons. The molecule has 35 heavy (non-hydrogen) atoms. The number of thiophene rings is 1. The monoisotopic (exact) mass is 490 g/mol. The molecule has 4 heteroatoms. The maximum absolute atomic E-state index is 10.2. The topological polar surface area (TPSA) is 40.5 Å². The number of thioether (sulfide) groups is 1. The quantitative estimate of drug-likeness (QED) is 0.288. The Morgan fingerprint density at radius 2 is 1.40 bits per heavy atom. The lowest BCUT2D eigenvalue weighted by atomic mass is 9.87. The zero-order chi connectivity index (χ0) is 23.9. The van der Waals surface area contributed by atoms with E-state index >= 15 is 0 Å². The third kappa shape index (κ3) is 2.90. The predicted octanol–water partition coefficient (Wildman–Crippen LogP) is 6.57. The third-order valence-corrected chi connectivity index (χ3v) is 9.81. The van der Waals surface area contributed by atoms with Crippen LogP contribution in [-0.4, -0.2) is 10.2 Å². The van der Waals surface area contributed by atoms with E-state index in [0.717, 1.165) is 22.3 Å². The summed E-state index contributed by atoms with van der Waals surface area (Å²) in [4.78, 5) is 1.24. The van der Waals surface area contributed by atoms with Crippen LogP contribution in [-0.2, 0) is 4.75 Å². The van der Waals surface area contributed by atoms with Gasteiger partial charge in [0.2, 0.25) is 0 Å². The Morgan fingerprint density at radius 3 is 2.09 bits per heavy atom. The van der Waals surface area contributed by atoms with Gasteiger partial charge in [-0.1, -0.05) is 48.5 Å². The molecule has 2 aliphatic rings. The molecule has 2 nitrogen and oxygen atoms in total. The van der Waals surface area contributed by atoms with Crippen LogP contribution in [0.4, 0.5) is 0 Å². The molecule has 0 unspecified atom stereocenters. The first-order valence-electron chi connectivity index (χ1n) is 11.6. The summed E-state index contributed by atoms with van der Waals surface area (Å²) in [5, 5.41) is 26.5.